The SMILES string of the molecule is COCCOCCn1c(=O)[nH]c2ccc(C(=O)O)cc21. The molecule has 0 aliphatic heterocycles. The van der Waals surface area contributed by atoms with Crippen LogP contribution in [0, 0.1) is 0 Å². The molecule has 7 nitrogen and oxygen atoms in total. The van der Waals surface area contributed by atoms with Crippen LogP contribution < -0.4 is 5.69 Å². The average Bonchev–Trinajstić information content (AvgIpc) is 2.73. The Balaban J connectivity index is 2.18. The molecule has 0 bridgehead atoms. The van der Waals surface area contributed by atoms with Gasteiger partial charge in [0.05, 0.1) is 43.0 Å². The van der Waals surface area contributed by atoms with Gasteiger partial charge in [-0.05, 0) is 18.2 Å². The first-order chi connectivity index (χ1) is 9.63. The normalized spacial score (nSPS) is 11.1. The molecule has 7 heteroatoms. The molecular formula is C13H16N2O5. The number of carbonyl (C=O) groups is 1. The molecule has 0 atom stereocenters. The number of fused-ring (bicyclic) bond motifs is 1. The van der Waals surface area contributed by atoms with Crippen molar-refractivity contribution in [1.82, 2.24) is 9.55 Å². The van der Waals surface area contributed by atoms with Crippen LogP contribution in [0.1, 0.15) is 10.4 Å². The van der Waals surface area contributed by atoms with E-state index in [4.69, 9.17) is 14.6 Å². The molecule has 2 N–H and O–H groups in total. The number of benzene rings is 1. The number of aromatic amines is 1. The number of methoxy groups -OCH3 is 1. The van der Waals surface area contributed by atoms with Gasteiger partial charge in [-0.3, -0.25) is 4.57 Å². The van der Waals surface area contributed by atoms with E-state index in [1.807, 2.05) is 0 Å². The van der Waals surface area contributed by atoms with E-state index >= 15 is 0 Å². The van der Waals surface area contributed by atoms with Gasteiger partial charge in [0, 0.05) is 7.11 Å². The van der Waals surface area contributed by atoms with Crippen LogP contribution in [0.2, 0.25) is 0 Å². The molecule has 1 aromatic carbocycles. The fourth-order valence-electron chi connectivity index (χ4n) is 1.91. The first-order valence-electron chi connectivity index (χ1n) is 6.16. The number of carboxylic acids is 1. The second-order valence-electron chi connectivity index (χ2n) is 4.22. The molecule has 0 saturated carbocycles. The van der Waals surface area contributed by atoms with E-state index in [-0.39, 0.29) is 11.3 Å². The monoisotopic (exact) mass is 280 g/mol. The number of hydrogen-bond acceptors (Lipinski definition) is 4. The summed E-state index contributed by atoms with van der Waals surface area (Å²) in [6, 6.07) is 4.52. The van der Waals surface area contributed by atoms with Gasteiger partial charge in [-0.15, -0.1) is 0 Å². The van der Waals surface area contributed by atoms with Crippen LogP contribution in [-0.4, -0.2) is 47.6 Å². The molecule has 0 radical (unpaired) electrons. The van der Waals surface area contributed by atoms with Crippen LogP contribution in [0.15, 0.2) is 23.0 Å². The number of H-pyrrole nitrogens is 1. The van der Waals surface area contributed by atoms with Crippen molar-refractivity contribution in [2.75, 3.05) is 26.9 Å². The number of nitrogens with zero attached hydrogens (tertiary/aromatic N) is 1. The minimum atomic E-state index is -1.02. The van der Waals surface area contributed by atoms with Crippen molar-refractivity contribution in [3.63, 3.8) is 0 Å². The number of ether oxygens (including phenoxy) is 2. The van der Waals surface area contributed by atoms with Crippen LogP contribution >= 0.6 is 0 Å². The fraction of sp³-hybridized carbons (Fsp3) is 0.385. The second kappa shape index (κ2) is 6.36. The largest absolute Gasteiger partial charge is 0.478 e. The van der Waals surface area contributed by atoms with Crippen molar-refractivity contribution >= 4 is 17.0 Å². The van der Waals surface area contributed by atoms with Gasteiger partial charge in [0.1, 0.15) is 0 Å². The van der Waals surface area contributed by atoms with Crippen LogP contribution in [0.25, 0.3) is 11.0 Å². The molecule has 2 rings (SSSR count). The zero-order valence-corrected chi connectivity index (χ0v) is 11.1. The number of rotatable bonds is 7. The number of aromatic carboxylic acids is 1. The quantitative estimate of drug-likeness (QED) is 0.728. The van der Waals surface area contributed by atoms with Crippen molar-refractivity contribution < 1.29 is 19.4 Å². The third kappa shape index (κ3) is 3.06. The third-order valence-corrected chi connectivity index (χ3v) is 2.91. The number of hydrogen-bond donors (Lipinski definition) is 2. The topological polar surface area (TPSA) is 93.5 Å². The lowest BCUT2D eigenvalue weighted by Crippen LogP contribution is -2.20. The molecule has 0 aliphatic carbocycles. The predicted molar refractivity (Wildman–Crippen MR) is 72.2 cm³/mol. The van der Waals surface area contributed by atoms with Gasteiger partial charge in [-0.2, -0.15) is 0 Å². The molecule has 108 valence electrons. The predicted octanol–water partition coefficient (Wildman–Crippen LogP) is 0.691. The Labute approximate surface area is 114 Å². The highest BCUT2D eigenvalue weighted by Gasteiger charge is 2.10. The van der Waals surface area contributed by atoms with Crippen LogP contribution in [0.3, 0.4) is 0 Å². The lowest BCUT2D eigenvalue weighted by Gasteiger charge is -2.05. The molecule has 0 fully saturated rings. The summed E-state index contributed by atoms with van der Waals surface area (Å²) in [7, 11) is 1.58. The van der Waals surface area contributed by atoms with Crippen LogP contribution in [0.4, 0.5) is 0 Å². The Hall–Kier alpha value is -2.12. The maximum Gasteiger partial charge on any atom is 0.335 e. The van der Waals surface area contributed by atoms with E-state index < -0.39 is 5.97 Å². The summed E-state index contributed by atoms with van der Waals surface area (Å²) in [5.74, 6) is -1.02. The Kier molecular flexibility index (Phi) is 4.54. The molecule has 0 aliphatic rings. The van der Waals surface area contributed by atoms with Gasteiger partial charge in [-0.25, -0.2) is 9.59 Å². The first kappa shape index (κ1) is 14.3. The van der Waals surface area contributed by atoms with Gasteiger partial charge in [-0.1, -0.05) is 0 Å². The van der Waals surface area contributed by atoms with Gasteiger partial charge in [0.2, 0.25) is 0 Å². The second-order valence-corrected chi connectivity index (χ2v) is 4.22. The molecule has 0 saturated heterocycles. The molecule has 2 aromatic rings. The zero-order valence-electron chi connectivity index (χ0n) is 11.1. The summed E-state index contributed by atoms with van der Waals surface area (Å²) >= 11 is 0. The van der Waals surface area contributed by atoms with Crippen LogP contribution in [0.5, 0.6) is 0 Å². The van der Waals surface area contributed by atoms with Crippen LogP contribution in [-0.2, 0) is 16.0 Å². The number of aromatic nitrogens is 2. The number of imidazole rings is 1. The van der Waals surface area contributed by atoms with E-state index in [0.29, 0.717) is 37.4 Å². The Morgan fingerprint density at radius 1 is 1.35 bits per heavy atom. The Morgan fingerprint density at radius 2 is 2.15 bits per heavy atom. The lowest BCUT2D eigenvalue weighted by molar-refractivity contribution is 0.0667. The molecule has 0 spiro atoms. The highest BCUT2D eigenvalue weighted by Crippen LogP contribution is 2.13. The van der Waals surface area contributed by atoms with Crippen molar-refractivity contribution in [3.05, 3.63) is 34.2 Å². The molecule has 0 amide bonds. The van der Waals surface area contributed by atoms with Gasteiger partial charge < -0.3 is 19.6 Å². The van der Waals surface area contributed by atoms with Crippen molar-refractivity contribution in [3.8, 4) is 0 Å². The summed E-state index contributed by atoms with van der Waals surface area (Å²) in [4.78, 5) is 25.5. The van der Waals surface area contributed by atoms with E-state index in [2.05, 4.69) is 4.98 Å². The molecule has 1 heterocycles. The first-order valence-corrected chi connectivity index (χ1v) is 6.16. The van der Waals surface area contributed by atoms with E-state index in [0.717, 1.165) is 0 Å². The highest BCUT2D eigenvalue weighted by atomic mass is 16.5. The average molecular weight is 280 g/mol. The van der Waals surface area contributed by atoms with Crippen molar-refractivity contribution in [2.24, 2.45) is 0 Å². The summed E-state index contributed by atoms with van der Waals surface area (Å²) in [6.07, 6.45) is 0. The molecular weight excluding hydrogens is 264 g/mol. The van der Waals surface area contributed by atoms with E-state index in [1.54, 1.807) is 13.2 Å². The molecule has 1 aromatic heterocycles. The number of carboxylic acid groups (broad SMARTS) is 1. The minimum absolute atomic E-state index is 0.144. The van der Waals surface area contributed by atoms with E-state index in [9.17, 15) is 9.59 Å². The summed E-state index contributed by atoms with van der Waals surface area (Å²) in [5.41, 5.74) is 1.03. The maximum atomic E-state index is 11.8. The lowest BCUT2D eigenvalue weighted by atomic mass is 10.2. The third-order valence-electron chi connectivity index (χ3n) is 2.91. The van der Waals surface area contributed by atoms with Gasteiger partial charge >= 0.3 is 11.7 Å². The number of nitrogens with one attached hydrogen (secondary N) is 1. The standard InChI is InChI=1S/C13H16N2O5/c1-19-6-7-20-5-4-15-11-8-9(12(16)17)2-3-10(11)14-13(15)18/h2-3,8H,4-7H2,1H3,(H,14,18)(H,16,17). The molecule has 20 heavy (non-hydrogen) atoms. The summed E-state index contributed by atoms with van der Waals surface area (Å²) in [6.45, 7) is 1.65. The minimum Gasteiger partial charge on any atom is -0.478 e. The zero-order chi connectivity index (χ0) is 14.5. The fourth-order valence-corrected chi connectivity index (χ4v) is 1.91. The van der Waals surface area contributed by atoms with Gasteiger partial charge in [0.25, 0.3) is 0 Å². The summed E-state index contributed by atoms with van der Waals surface area (Å²) < 4.78 is 11.6. The molecule has 0 unspecified atom stereocenters. The van der Waals surface area contributed by atoms with E-state index in [1.165, 1.54) is 16.7 Å². The Bertz CT molecular complexity index is 658. The van der Waals surface area contributed by atoms with Crippen molar-refractivity contribution in [2.45, 2.75) is 6.54 Å². The summed E-state index contributed by atoms with van der Waals surface area (Å²) in [5, 5.41) is 8.98. The maximum absolute atomic E-state index is 11.8. The van der Waals surface area contributed by atoms with Gasteiger partial charge in [0.15, 0.2) is 0 Å². The highest BCUT2D eigenvalue weighted by molar-refractivity contribution is 5.92. The Morgan fingerprint density at radius 3 is 2.85 bits per heavy atom. The smallest absolute Gasteiger partial charge is 0.335 e. The van der Waals surface area contributed by atoms with Crippen molar-refractivity contribution in [1.29, 1.82) is 0 Å².